The molecule has 8 atom stereocenters. The van der Waals surface area contributed by atoms with Crippen LogP contribution >= 0.6 is 11.8 Å². The van der Waals surface area contributed by atoms with Crippen molar-refractivity contribution in [2.24, 2.45) is 23.7 Å². The molecule has 0 unspecified atom stereocenters. The number of thioether (sulfide) groups is 1. The molecule has 2 bridgehead atoms. The highest BCUT2D eigenvalue weighted by Gasteiger charge is 2.69. The molecule has 32 heavy (non-hydrogen) atoms. The Kier molecular flexibility index (Phi) is 8.88. The summed E-state index contributed by atoms with van der Waals surface area (Å²) in [5.74, 6) is 2.44. The zero-order valence-electron chi connectivity index (χ0n) is 20.6. The maximum Gasteiger partial charge on any atom is 0.201 e. The van der Waals surface area contributed by atoms with Crippen LogP contribution in [0.2, 0.25) is 0 Å². The van der Waals surface area contributed by atoms with Crippen molar-refractivity contribution in [1.82, 2.24) is 0 Å². The van der Waals surface area contributed by atoms with E-state index in [9.17, 15) is 0 Å². The van der Waals surface area contributed by atoms with Crippen molar-refractivity contribution in [3.63, 3.8) is 0 Å². The average molecular weight is 471 g/mol. The monoisotopic (exact) mass is 470 g/mol. The standard InChI is InChI=1S/C26H46O5S/c1-19-13-14-22-20(2)23(32-18-12-10-8-6-4-5-7-9-11-17-27)28-24-26(22)21(19)15-16-25(3,29-24)30-31-26/h19-24,27H,4-18H2,1-3H3/t19-,20-,21+,22+,23+,24-,25+,26-/m1/s1. The van der Waals surface area contributed by atoms with Gasteiger partial charge in [0, 0.05) is 18.9 Å². The number of rotatable bonds is 12. The van der Waals surface area contributed by atoms with Crippen LogP contribution in [0, 0.1) is 23.7 Å². The lowest BCUT2D eigenvalue weighted by atomic mass is 9.58. The molecule has 5 fully saturated rings. The summed E-state index contributed by atoms with van der Waals surface area (Å²) in [6, 6.07) is 0. The van der Waals surface area contributed by atoms with Crippen molar-refractivity contribution >= 4 is 11.8 Å². The normalized spacial score (nSPS) is 43.1. The third-order valence-electron chi connectivity index (χ3n) is 8.68. The molecule has 0 aromatic carbocycles. The van der Waals surface area contributed by atoms with E-state index in [0.717, 1.165) is 25.0 Å². The molecular weight excluding hydrogens is 424 g/mol. The Morgan fingerprint density at radius 2 is 1.53 bits per heavy atom. The van der Waals surface area contributed by atoms with Crippen LogP contribution in [0.1, 0.15) is 104 Å². The zero-order chi connectivity index (χ0) is 22.6. The predicted molar refractivity (Wildman–Crippen MR) is 128 cm³/mol. The predicted octanol–water partition coefficient (Wildman–Crippen LogP) is 6.43. The highest BCUT2D eigenvalue weighted by Crippen LogP contribution is 2.61. The largest absolute Gasteiger partial charge is 0.396 e. The molecule has 0 radical (unpaired) electrons. The topological polar surface area (TPSA) is 57.2 Å². The molecule has 0 aromatic heterocycles. The van der Waals surface area contributed by atoms with Gasteiger partial charge in [0.15, 0.2) is 11.9 Å². The highest BCUT2D eigenvalue weighted by atomic mass is 32.2. The molecule has 0 amide bonds. The summed E-state index contributed by atoms with van der Waals surface area (Å²) in [4.78, 5) is 12.2. The first-order valence-corrected chi connectivity index (χ1v) is 14.5. The van der Waals surface area contributed by atoms with Gasteiger partial charge in [-0.15, -0.1) is 11.8 Å². The second-order valence-electron chi connectivity index (χ2n) is 11.1. The summed E-state index contributed by atoms with van der Waals surface area (Å²) in [6.07, 6.45) is 15.4. The fraction of sp³-hybridized carbons (Fsp3) is 1.00. The molecule has 1 saturated carbocycles. The summed E-state index contributed by atoms with van der Waals surface area (Å²) < 4.78 is 13.1. The van der Waals surface area contributed by atoms with Crippen molar-refractivity contribution in [3.8, 4) is 0 Å². The van der Waals surface area contributed by atoms with Crippen LogP contribution in [0.5, 0.6) is 0 Å². The van der Waals surface area contributed by atoms with Crippen LogP contribution < -0.4 is 0 Å². The van der Waals surface area contributed by atoms with Crippen LogP contribution in [0.25, 0.3) is 0 Å². The van der Waals surface area contributed by atoms with Crippen molar-refractivity contribution in [2.75, 3.05) is 12.4 Å². The number of ether oxygens (including phenoxy) is 2. The molecule has 5 rings (SSSR count). The van der Waals surface area contributed by atoms with Gasteiger partial charge < -0.3 is 14.6 Å². The van der Waals surface area contributed by atoms with E-state index in [-0.39, 0.29) is 11.7 Å². The third-order valence-corrected chi connectivity index (χ3v) is 10.1. The van der Waals surface area contributed by atoms with Crippen LogP contribution in [0.3, 0.4) is 0 Å². The van der Waals surface area contributed by atoms with E-state index in [1.807, 2.05) is 18.7 Å². The minimum Gasteiger partial charge on any atom is -0.396 e. The average Bonchev–Trinajstić information content (AvgIpc) is 3.01. The summed E-state index contributed by atoms with van der Waals surface area (Å²) >= 11 is 1.99. The number of fused-ring (bicyclic) bond motifs is 2. The Morgan fingerprint density at radius 1 is 0.844 bits per heavy atom. The molecule has 6 heteroatoms. The number of unbranched alkanes of at least 4 members (excludes halogenated alkanes) is 8. The van der Waals surface area contributed by atoms with Gasteiger partial charge in [-0.05, 0) is 62.5 Å². The van der Waals surface area contributed by atoms with Gasteiger partial charge in [0.25, 0.3) is 0 Å². The molecule has 4 heterocycles. The molecule has 4 aliphatic heterocycles. The summed E-state index contributed by atoms with van der Waals surface area (Å²) in [6.45, 7) is 7.08. The van der Waals surface area contributed by atoms with Gasteiger partial charge in [-0.3, -0.25) is 0 Å². The molecule has 1 N–H and O–H groups in total. The Labute approximate surface area is 199 Å². The SMILES string of the molecule is C[C@H]1[C@H](SCCCCCCCCCCCO)O[C@@H]2O[C@]3(C)CC[C@H]4[C@H](C)CC[C@@H]1[C@@]24OO3. The maximum absolute atomic E-state index is 8.83. The second kappa shape index (κ2) is 11.3. The molecule has 186 valence electrons. The third kappa shape index (κ3) is 5.21. The Balaban J connectivity index is 1.23. The van der Waals surface area contributed by atoms with E-state index >= 15 is 0 Å². The highest BCUT2D eigenvalue weighted by molar-refractivity contribution is 7.99. The first-order chi connectivity index (χ1) is 15.5. The van der Waals surface area contributed by atoms with Gasteiger partial charge in [0.1, 0.15) is 5.44 Å². The second-order valence-corrected chi connectivity index (χ2v) is 12.3. The maximum atomic E-state index is 8.83. The minimum absolute atomic E-state index is 0.183. The molecule has 5 aliphatic rings. The van der Waals surface area contributed by atoms with Crippen LogP contribution in [-0.4, -0.2) is 40.6 Å². The smallest absolute Gasteiger partial charge is 0.201 e. The first-order valence-electron chi connectivity index (χ1n) is 13.4. The lowest BCUT2D eigenvalue weighted by molar-refractivity contribution is -0.568. The number of aliphatic hydroxyl groups is 1. The molecule has 1 aliphatic carbocycles. The van der Waals surface area contributed by atoms with E-state index in [1.54, 1.807) is 0 Å². The zero-order valence-corrected chi connectivity index (χ0v) is 21.4. The first kappa shape index (κ1) is 25.2. The van der Waals surface area contributed by atoms with E-state index in [2.05, 4.69) is 13.8 Å². The molecular formula is C26H46O5S. The van der Waals surface area contributed by atoms with Crippen molar-refractivity contribution in [3.05, 3.63) is 0 Å². The van der Waals surface area contributed by atoms with Gasteiger partial charge in [-0.1, -0.05) is 58.8 Å². The lowest BCUT2D eigenvalue weighted by Crippen LogP contribution is -2.70. The van der Waals surface area contributed by atoms with Gasteiger partial charge >= 0.3 is 0 Å². The van der Waals surface area contributed by atoms with Crippen molar-refractivity contribution in [1.29, 1.82) is 0 Å². The van der Waals surface area contributed by atoms with Crippen LogP contribution in [0.4, 0.5) is 0 Å². The van der Waals surface area contributed by atoms with E-state index in [0.29, 0.717) is 30.3 Å². The molecule has 4 saturated heterocycles. The number of hydrogen-bond donors (Lipinski definition) is 1. The van der Waals surface area contributed by atoms with E-state index in [1.165, 1.54) is 64.2 Å². The fourth-order valence-corrected chi connectivity index (χ4v) is 7.99. The molecule has 1 spiro atoms. The van der Waals surface area contributed by atoms with Crippen LogP contribution in [0.15, 0.2) is 0 Å². The van der Waals surface area contributed by atoms with Gasteiger partial charge in [-0.25, -0.2) is 9.78 Å². The van der Waals surface area contributed by atoms with Gasteiger partial charge in [-0.2, -0.15) is 0 Å². The minimum atomic E-state index is -0.675. The molecule has 0 aromatic rings. The lowest BCUT2D eigenvalue weighted by Gasteiger charge is -2.60. The van der Waals surface area contributed by atoms with E-state index < -0.39 is 11.4 Å². The Bertz CT molecular complexity index is 591. The summed E-state index contributed by atoms with van der Waals surface area (Å²) in [5, 5.41) is 8.83. The molecule has 5 nitrogen and oxygen atoms in total. The number of hydrogen-bond acceptors (Lipinski definition) is 6. The fourth-order valence-electron chi connectivity index (χ4n) is 6.71. The van der Waals surface area contributed by atoms with Gasteiger partial charge in [0.2, 0.25) is 5.79 Å². The van der Waals surface area contributed by atoms with E-state index in [4.69, 9.17) is 24.4 Å². The number of aliphatic hydroxyl groups excluding tert-OH is 1. The summed E-state index contributed by atoms with van der Waals surface area (Å²) in [5.41, 5.74) is -0.246. The van der Waals surface area contributed by atoms with Crippen molar-refractivity contribution < 1.29 is 24.4 Å². The Hall–Kier alpha value is 0.150. The summed E-state index contributed by atoms with van der Waals surface area (Å²) in [7, 11) is 0. The van der Waals surface area contributed by atoms with Gasteiger partial charge in [0.05, 0.1) is 0 Å². The Morgan fingerprint density at radius 3 is 2.25 bits per heavy atom. The van der Waals surface area contributed by atoms with Crippen LogP contribution in [-0.2, 0) is 19.2 Å². The quantitative estimate of drug-likeness (QED) is 0.262. The van der Waals surface area contributed by atoms with Crippen molar-refractivity contribution in [2.45, 2.75) is 127 Å².